The number of rotatable bonds is 6. The van der Waals surface area contributed by atoms with Gasteiger partial charge >= 0.3 is 0 Å². The largest absolute Gasteiger partial charge is 0.372 e. The molecule has 118 valence electrons. The molecule has 1 aromatic heterocycles. The summed E-state index contributed by atoms with van der Waals surface area (Å²) in [6.45, 7) is 8.17. The van der Waals surface area contributed by atoms with E-state index in [0.29, 0.717) is 6.61 Å². The van der Waals surface area contributed by atoms with Crippen LogP contribution in [0.5, 0.6) is 0 Å². The van der Waals surface area contributed by atoms with E-state index in [4.69, 9.17) is 4.74 Å². The molecule has 1 fully saturated rings. The Morgan fingerprint density at radius 2 is 2.19 bits per heavy atom. The van der Waals surface area contributed by atoms with Crippen LogP contribution in [-0.2, 0) is 9.53 Å². The van der Waals surface area contributed by atoms with Crippen molar-refractivity contribution in [3.8, 4) is 0 Å². The van der Waals surface area contributed by atoms with Gasteiger partial charge in [0.1, 0.15) is 12.4 Å². The Morgan fingerprint density at radius 1 is 1.33 bits per heavy atom. The first-order valence-electron chi connectivity index (χ1n) is 7.61. The molecule has 1 amide bonds. The molecule has 0 saturated carbocycles. The third-order valence-electron chi connectivity index (χ3n) is 3.50. The third-order valence-corrected chi connectivity index (χ3v) is 4.37. The van der Waals surface area contributed by atoms with E-state index in [2.05, 4.69) is 21.2 Å². The topological polar surface area (TPSA) is 58.6 Å². The average molecular weight is 312 g/mol. The summed E-state index contributed by atoms with van der Waals surface area (Å²) in [5.74, 6) is 0.915. The Labute approximate surface area is 130 Å². The second-order valence-electron chi connectivity index (χ2n) is 5.25. The molecular formula is C14H24N4O2S. The Kier molecular flexibility index (Phi) is 6.38. The molecule has 0 spiro atoms. The summed E-state index contributed by atoms with van der Waals surface area (Å²) in [7, 11) is 0. The Hall–Kier alpha value is -1.21. The van der Waals surface area contributed by atoms with E-state index in [1.54, 1.807) is 0 Å². The first-order valence-corrected chi connectivity index (χ1v) is 8.39. The first-order chi connectivity index (χ1) is 10.2. The molecule has 7 heteroatoms. The van der Waals surface area contributed by atoms with Gasteiger partial charge in [0.2, 0.25) is 11.0 Å². The van der Waals surface area contributed by atoms with Gasteiger partial charge in [-0.25, -0.2) is 4.98 Å². The van der Waals surface area contributed by atoms with Gasteiger partial charge in [-0.05, 0) is 19.8 Å². The third kappa shape index (κ3) is 4.93. The number of ether oxygens (including phenoxy) is 1. The molecule has 0 bridgehead atoms. The smallest absolute Gasteiger partial charge is 0.248 e. The fraction of sp³-hybridized carbons (Fsp3) is 0.786. The van der Waals surface area contributed by atoms with Crippen molar-refractivity contribution >= 4 is 22.6 Å². The van der Waals surface area contributed by atoms with Crippen LogP contribution in [0.15, 0.2) is 0 Å². The van der Waals surface area contributed by atoms with E-state index in [1.165, 1.54) is 11.5 Å². The summed E-state index contributed by atoms with van der Waals surface area (Å²) in [5.41, 5.74) is 0. The first kappa shape index (κ1) is 16.2. The number of aryl methyl sites for hydroxylation is 1. The number of hydrogen-bond donors (Lipinski definition) is 0. The predicted molar refractivity (Wildman–Crippen MR) is 83.8 cm³/mol. The Balaban J connectivity index is 1.79. The van der Waals surface area contributed by atoms with Crippen LogP contribution in [0.2, 0.25) is 0 Å². The number of unbranched alkanes of at least 4 members (excludes halogenated alkanes) is 1. The van der Waals surface area contributed by atoms with E-state index in [-0.39, 0.29) is 12.5 Å². The van der Waals surface area contributed by atoms with Gasteiger partial charge in [-0.3, -0.25) is 4.79 Å². The second-order valence-corrected chi connectivity index (χ2v) is 5.98. The Morgan fingerprint density at radius 3 is 2.90 bits per heavy atom. The van der Waals surface area contributed by atoms with Crippen LogP contribution in [0.1, 0.15) is 32.0 Å². The molecule has 6 nitrogen and oxygen atoms in total. The molecule has 0 atom stereocenters. The standard InChI is InChI=1S/C14H24N4O2S/c1-3-4-10-20-11-13(19)17-6-5-7-18(9-8-17)14-15-12(2)16-21-14/h3-11H2,1-2H3. The summed E-state index contributed by atoms with van der Waals surface area (Å²) >= 11 is 1.43. The zero-order valence-corrected chi connectivity index (χ0v) is 13.7. The lowest BCUT2D eigenvalue weighted by Crippen LogP contribution is -2.37. The normalized spacial score (nSPS) is 16.1. The molecule has 1 aliphatic heterocycles. The number of amides is 1. The number of nitrogens with zero attached hydrogens (tertiary/aromatic N) is 4. The molecule has 0 radical (unpaired) electrons. The van der Waals surface area contributed by atoms with E-state index in [9.17, 15) is 4.79 Å². The van der Waals surface area contributed by atoms with E-state index in [1.807, 2.05) is 11.8 Å². The highest BCUT2D eigenvalue weighted by atomic mass is 32.1. The monoisotopic (exact) mass is 312 g/mol. The van der Waals surface area contributed by atoms with Crippen molar-refractivity contribution in [2.75, 3.05) is 44.3 Å². The van der Waals surface area contributed by atoms with Gasteiger partial charge in [-0.1, -0.05) is 13.3 Å². The number of carbonyl (C=O) groups excluding carboxylic acids is 1. The van der Waals surface area contributed by atoms with Crippen LogP contribution in [0.25, 0.3) is 0 Å². The van der Waals surface area contributed by atoms with Gasteiger partial charge in [-0.15, -0.1) is 0 Å². The Bertz CT molecular complexity index is 452. The highest BCUT2D eigenvalue weighted by molar-refractivity contribution is 7.09. The van der Waals surface area contributed by atoms with Crippen molar-refractivity contribution < 1.29 is 9.53 Å². The van der Waals surface area contributed by atoms with Gasteiger partial charge in [-0.2, -0.15) is 4.37 Å². The summed E-state index contributed by atoms with van der Waals surface area (Å²) in [4.78, 5) is 20.7. The van der Waals surface area contributed by atoms with E-state index < -0.39 is 0 Å². The fourth-order valence-corrected chi connectivity index (χ4v) is 3.00. The van der Waals surface area contributed by atoms with Gasteiger partial charge in [0, 0.05) is 44.3 Å². The van der Waals surface area contributed by atoms with Crippen LogP contribution in [0.4, 0.5) is 5.13 Å². The predicted octanol–water partition coefficient (Wildman–Crippen LogP) is 1.70. The number of anilines is 1. The number of aromatic nitrogens is 2. The quantitative estimate of drug-likeness (QED) is 0.748. The van der Waals surface area contributed by atoms with Crippen LogP contribution in [0, 0.1) is 6.92 Å². The highest BCUT2D eigenvalue weighted by Gasteiger charge is 2.20. The van der Waals surface area contributed by atoms with Crippen LogP contribution >= 0.6 is 11.5 Å². The molecule has 1 aromatic rings. The molecule has 1 saturated heterocycles. The number of carbonyl (C=O) groups is 1. The summed E-state index contributed by atoms with van der Waals surface area (Å²) in [6, 6.07) is 0. The zero-order chi connectivity index (χ0) is 15.1. The van der Waals surface area contributed by atoms with Crippen molar-refractivity contribution in [3.05, 3.63) is 5.82 Å². The molecule has 2 heterocycles. The fourth-order valence-electron chi connectivity index (χ4n) is 2.27. The zero-order valence-electron chi connectivity index (χ0n) is 12.9. The maximum atomic E-state index is 12.1. The molecule has 21 heavy (non-hydrogen) atoms. The molecule has 0 unspecified atom stereocenters. The van der Waals surface area contributed by atoms with Gasteiger partial charge in [0.25, 0.3) is 0 Å². The molecule has 0 aromatic carbocycles. The molecule has 1 aliphatic rings. The molecular weight excluding hydrogens is 288 g/mol. The minimum Gasteiger partial charge on any atom is -0.372 e. The van der Waals surface area contributed by atoms with Crippen molar-refractivity contribution in [1.82, 2.24) is 14.3 Å². The van der Waals surface area contributed by atoms with Gasteiger partial charge in [0.05, 0.1) is 0 Å². The summed E-state index contributed by atoms with van der Waals surface area (Å²) in [5, 5.41) is 0.959. The van der Waals surface area contributed by atoms with Gasteiger partial charge in [0.15, 0.2) is 0 Å². The lowest BCUT2D eigenvalue weighted by Gasteiger charge is -2.21. The van der Waals surface area contributed by atoms with Crippen molar-refractivity contribution in [2.45, 2.75) is 33.1 Å². The van der Waals surface area contributed by atoms with Crippen molar-refractivity contribution in [3.63, 3.8) is 0 Å². The minimum atomic E-state index is 0.0985. The van der Waals surface area contributed by atoms with Gasteiger partial charge < -0.3 is 14.5 Å². The highest BCUT2D eigenvalue weighted by Crippen LogP contribution is 2.18. The summed E-state index contributed by atoms with van der Waals surface area (Å²) in [6.07, 6.45) is 3.06. The lowest BCUT2D eigenvalue weighted by atomic mass is 10.3. The second kappa shape index (κ2) is 8.29. The maximum Gasteiger partial charge on any atom is 0.248 e. The average Bonchev–Trinajstić information content (AvgIpc) is 2.76. The molecule has 2 rings (SSSR count). The minimum absolute atomic E-state index is 0.0985. The van der Waals surface area contributed by atoms with Crippen molar-refractivity contribution in [2.24, 2.45) is 0 Å². The van der Waals surface area contributed by atoms with Crippen molar-refractivity contribution in [1.29, 1.82) is 0 Å². The van der Waals surface area contributed by atoms with Crippen LogP contribution in [0.3, 0.4) is 0 Å². The molecule has 0 aliphatic carbocycles. The molecule has 0 N–H and O–H groups in total. The SMILES string of the molecule is CCCCOCC(=O)N1CCCN(c2nc(C)ns2)CC1. The van der Waals surface area contributed by atoms with E-state index >= 15 is 0 Å². The summed E-state index contributed by atoms with van der Waals surface area (Å²) < 4.78 is 9.64. The van der Waals surface area contributed by atoms with Crippen LogP contribution in [-0.4, -0.2) is 59.6 Å². The maximum absolute atomic E-state index is 12.1. The number of hydrogen-bond acceptors (Lipinski definition) is 6. The van der Waals surface area contributed by atoms with Crippen LogP contribution < -0.4 is 4.90 Å². The lowest BCUT2D eigenvalue weighted by molar-refractivity contribution is -0.135. The van der Waals surface area contributed by atoms with E-state index in [0.717, 1.165) is 56.4 Å².